The summed E-state index contributed by atoms with van der Waals surface area (Å²) in [4.78, 5) is 25.5. The Morgan fingerprint density at radius 3 is 2.76 bits per heavy atom. The highest BCUT2D eigenvalue weighted by Gasteiger charge is 2.25. The summed E-state index contributed by atoms with van der Waals surface area (Å²) in [5.41, 5.74) is 5.05. The van der Waals surface area contributed by atoms with Gasteiger partial charge in [-0.05, 0) is 67.6 Å². The van der Waals surface area contributed by atoms with Crippen LogP contribution in [0.1, 0.15) is 33.5 Å². The van der Waals surface area contributed by atoms with Crippen LogP contribution in [-0.4, -0.2) is 30.1 Å². The summed E-state index contributed by atoms with van der Waals surface area (Å²) in [5, 5.41) is 8.72. The van der Waals surface area contributed by atoms with Crippen LogP contribution >= 0.6 is 0 Å². The molecule has 130 valence electrons. The number of hydrogen-bond donors (Lipinski definition) is 1. The predicted molar refractivity (Wildman–Crippen MR) is 95.5 cm³/mol. The van der Waals surface area contributed by atoms with Crippen LogP contribution in [0, 0.1) is 13.8 Å². The fraction of sp³-hybridized carbons (Fsp3) is 0.300. The van der Waals surface area contributed by atoms with Gasteiger partial charge in [0.15, 0.2) is 6.61 Å². The Kier molecular flexibility index (Phi) is 4.74. The molecule has 0 bridgehead atoms. The van der Waals surface area contributed by atoms with Gasteiger partial charge in [0, 0.05) is 17.8 Å². The van der Waals surface area contributed by atoms with Crippen LogP contribution in [0.25, 0.3) is 0 Å². The molecule has 0 aliphatic carbocycles. The lowest BCUT2D eigenvalue weighted by atomic mass is 9.94. The average Bonchev–Trinajstić information content (AvgIpc) is 2.59. The van der Waals surface area contributed by atoms with Crippen molar-refractivity contribution in [3.63, 3.8) is 0 Å². The first-order valence-corrected chi connectivity index (χ1v) is 8.32. The molecule has 0 aromatic heterocycles. The molecule has 1 amide bonds. The molecule has 0 fully saturated rings. The van der Waals surface area contributed by atoms with E-state index in [9.17, 15) is 9.59 Å². The second kappa shape index (κ2) is 6.97. The number of carboxylic acid groups (broad SMARTS) is 1. The summed E-state index contributed by atoms with van der Waals surface area (Å²) >= 11 is 0. The summed E-state index contributed by atoms with van der Waals surface area (Å²) in [6.07, 6.45) is 1.91. The monoisotopic (exact) mass is 339 g/mol. The fourth-order valence-electron chi connectivity index (χ4n) is 3.31. The van der Waals surface area contributed by atoms with Crippen molar-refractivity contribution in [3.8, 4) is 5.75 Å². The Balaban J connectivity index is 1.90. The smallest absolute Gasteiger partial charge is 0.341 e. The van der Waals surface area contributed by atoms with Crippen molar-refractivity contribution in [2.75, 3.05) is 18.1 Å². The molecule has 0 unspecified atom stereocenters. The maximum absolute atomic E-state index is 13.0. The van der Waals surface area contributed by atoms with E-state index in [0.717, 1.165) is 24.1 Å². The Labute approximate surface area is 146 Å². The van der Waals surface area contributed by atoms with Gasteiger partial charge in [0.05, 0.1) is 0 Å². The predicted octanol–water partition coefficient (Wildman–Crippen LogP) is 3.36. The number of anilines is 1. The van der Waals surface area contributed by atoms with E-state index >= 15 is 0 Å². The van der Waals surface area contributed by atoms with Gasteiger partial charge < -0.3 is 14.7 Å². The van der Waals surface area contributed by atoms with Gasteiger partial charge in [-0.1, -0.05) is 12.1 Å². The van der Waals surface area contributed by atoms with E-state index in [1.165, 1.54) is 11.1 Å². The van der Waals surface area contributed by atoms with Crippen LogP contribution in [0.5, 0.6) is 5.75 Å². The van der Waals surface area contributed by atoms with Crippen molar-refractivity contribution < 1.29 is 19.4 Å². The average molecular weight is 339 g/mol. The highest BCUT2D eigenvalue weighted by molar-refractivity contribution is 6.07. The maximum Gasteiger partial charge on any atom is 0.341 e. The van der Waals surface area contributed by atoms with Crippen LogP contribution in [0.4, 0.5) is 5.69 Å². The first-order chi connectivity index (χ1) is 12.0. The largest absolute Gasteiger partial charge is 0.482 e. The van der Waals surface area contributed by atoms with Gasteiger partial charge in [0.1, 0.15) is 5.75 Å². The van der Waals surface area contributed by atoms with Crippen LogP contribution in [-0.2, 0) is 11.2 Å². The third-order valence-electron chi connectivity index (χ3n) is 4.38. The quantitative estimate of drug-likeness (QED) is 0.927. The van der Waals surface area contributed by atoms with Crippen LogP contribution < -0.4 is 9.64 Å². The van der Waals surface area contributed by atoms with Crippen LogP contribution in [0.2, 0.25) is 0 Å². The summed E-state index contributed by atoms with van der Waals surface area (Å²) in [6.45, 7) is 4.36. The molecule has 0 saturated carbocycles. The van der Waals surface area contributed by atoms with Crippen molar-refractivity contribution in [1.82, 2.24) is 0 Å². The lowest BCUT2D eigenvalue weighted by Crippen LogP contribution is -2.35. The molecule has 1 N–H and O–H groups in total. The Hall–Kier alpha value is -2.82. The molecule has 1 heterocycles. The SMILES string of the molecule is Cc1cc(C)c2c(c1)N(C(=O)c1cccc(OCC(=O)O)c1)CCC2. The minimum absolute atomic E-state index is 0.0910. The number of carboxylic acids is 1. The molecule has 5 nitrogen and oxygen atoms in total. The highest BCUT2D eigenvalue weighted by atomic mass is 16.5. The summed E-state index contributed by atoms with van der Waals surface area (Å²) in [6, 6.07) is 10.9. The second-order valence-corrected chi connectivity index (χ2v) is 6.35. The van der Waals surface area contributed by atoms with Gasteiger partial charge >= 0.3 is 5.97 Å². The normalized spacial score (nSPS) is 13.3. The Bertz CT molecular complexity index is 828. The third kappa shape index (κ3) is 3.65. The molecule has 2 aromatic carbocycles. The Morgan fingerprint density at radius 1 is 1.20 bits per heavy atom. The summed E-state index contributed by atoms with van der Waals surface area (Å²) in [7, 11) is 0. The topological polar surface area (TPSA) is 66.8 Å². The van der Waals surface area contributed by atoms with Crippen LogP contribution in [0.15, 0.2) is 36.4 Å². The van der Waals surface area contributed by atoms with E-state index in [-0.39, 0.29) is 5.91 Å². The highest BCUT2D eigenvalue weighted by Crippen LogP contribution is 2.32. The minimum atomic E-state index is -1.05. The zero-order valence-corrected chi connectivity index (χ0v) is 14.4. The van der Waals surface area contributed by atoms with Crippen molar-refractivity contribution in [2.45, 2.75) is 26.7 Å². The molecule has 1 aliphatic heterocycles. The number of amides is 1. The van der Waals surface area contributed by atoms with E-state index in [1.54, 1.807) is 24.3 Å². The van der Waals surface area contributed by atoms with Gasteiger partial charge in [-0.2, -0.15) is 0 Å². The molecular formula is C20H21NO4. The number of benzene rings is 2. The van der Waals surface area contributed by atoms with Gasteiger partial charge in [0.2, 0.25) is 0 Å². The van der Waals surface area contributed by atoms with Crippen molar-refractivity contribution in [2.24, 2.45) is 0 Å². The van der Waals surface area contributed by atoms with Gasteiger partial charge in [0.25, 0.3) is 5.91 Å². The minimum Gasteiger partial charge on any atom is -0.482 e. The molecule has 0 radical (unpaired) electrons. The van der Waals surface area contributed by atoms with Crippen molar-refractivity contribution in [1.29, 1.82) is 0 Å². The van der Waals surface area contributed by atoms with Gasteiger partial charge in [-0.25, -0.2) is 4.79 Å². The molecule has 1 aliphatic rings. The standard InChI is InChI=1S/C20H21NO4/c1-13-9-14(2)17-7-4-8-21(18(17)10-13)20(24)15-5-3-6-16(11-15)25-12-19(22)23/h3,5-6,9-11H,4,7-8,12H2,1-2H3,(H,22,23). The third-order valence-corrected chi connectivity index (χ3v) is 4.38. The molecule has 25 heavy (non-hydrogen) atoms. The summed E-state index contributed by atoms with van der Waals surface area (Å²) in [5.74, 6) is -0.759. The fourth-order valence-corrected chi connectivity index (χ4v) is 3.31. The number of carbonyl (C=O) groups is 2. The number of rotatable bonds is 4. The lowest BCUT2D eigenvalue weighted by molar-refractivity contribution is -0.139. The van der Waals surface area contributed by atoms with E-state index in [2.05, 4.69) is 19.1 Å². The lowest BCUT2D eigenvalue weighted by Gasteiger charge is -2.31. The summed E-state index contributed by atoms with van der Waals surface area (Å²) < 4.78 is 5.18. The van der Waals surface area contributed by atoms with E-state index in [0.29, 0.717) is 17.9 Å². The molecule has 0 saturated heterocycles. The first-order valence-electron chi connectivity index (χ1n) is 8.32. The molecule has 3 rings (SSSR count). The zero-order valence-electron chi connectivity index (χ0n) is 14.4. The van der Waals surface area contributed by atoms with E-state index in [1.807, 2.05) is 11.8 Å². The van der Waals surface area contributed by atoms with Crippen LogP contribution in [0.3, 0.4) is 0 Å². The first kappa shape index (κ1) is 17.0. The number of fused-ring (bicyclic) bond motifs is 1. The molecule has 0 spiro atoms. The van der Waals surface area contributed by atoms with E-state index < -0.39 is 12.6 Å². The molecule has 5 heteroatoms. The van der Waals surface area contributed by atoms with E-state index in [4.69, 9.17) is 9.84 Å². The molecular weight excluding hydrogens is 318 g/mol. The van der Waals surface area contributed by atoms with Crippen molar-refractivity contribution >= 4 is 17.6 Å². The second-order valence-electron chi connectivity index (χ2n) is 6.35. The number of ether oxygens (including phenoxy) is 1. The van der Waals surface area contributed by atoms with Gasteiger partial charge in [-0.15, -0.1) is 0 Å². The molecule has 2 aromatic rings. The maximum atomic E-state index is 13.0. The number of nitrogens with zero attached hydrogens (tertiary/aromatic N) is 1. The van der Waals surface area contributed by atoms with Crippen molar-refractivity contribution in [3.05, 3.63) is 58.7 Å². The number of aryl methyl sites for hydroxylation is 2. The molecule has 0 atom stereocenters. The number of aliphatic carboxylic acids is 1. The Morgan fingerprint density at radius 2 is 2.00 bits per heavy atom. The van der Waals surface area contributed by atoms with Gasteiger partial charge in [-0.3, -0.25) is 4.79 Å². The number of carbonyl (C=O) groups excluding carboxylic acids is 1. The number of hydrogen-bond acceptors (Lipinski definition) is 3. The zero-order chi connectivity index (χ0) is 18.0.